The highest BCUT2D eigenvalue weighted by molar-refractivity contribution is 5.94. The molecule has 5 N–H and O–H groups in total. The lowest BCUT2D eigenvalue weighted by molar-refractivity contribution is -0.123. The number of imidazole rings is 1. The fourth-order valence-electron chi connectivity index (χ4n) is 3.44. The van der Waals surface area contributed by atoms with E-state index >= 15 is 0 Å². The SMILES string of the molecule is N#CC(CC1CCCNC1O)NC(=O)C(CC1CC1)NC(=O)c1ncc[nH]1. The van der Waals surface area contributed by atoms with E-state index in [1.807, 2.05) is 0 Å². The molecule has 2 aliphatic rings. The van der Waals surface area contributed by atoms with Gasteiger partial charge < -0.3 is 20.7 Å². The standard InChI is InChI=1S/C18H26N6O3/c19-10-13(9-12-2-1-5-22-16(12)25)23-17(26)14(8-11-3-4-11)24-18(27)15-20-6-7-21-15/h6-7,11-14,16,22,25H,1-5,8-9H2,(H,20,21)(H,23,26)(H,24,27). The summed E-state index contributed by atoms with van der Waals surface area (Å²) in [6, 6.07) is 0.686. The summed E-state index contributed by atoms with van der Waals surface area (Å²) in [6.45, 7) is 0.753. The van der Waals surface area contributed by atoms with Crippen LogP contribution in [0.1, 0.15) is 49.1 Å². The van der Waals surface area contributed by atoms with Crippen molar-refractivity contribution in [2.75, 3.05) is 6.54 Å². The summed E-state index contributed by atoms with van der Waals surface area (Å²) in [5.41, 5.74) is 0. The molecule has 27 heavy (non-hydrogen) atoms. The Morgan fingerprint density at radius 1 is 1.33 bits per heavy atom. The van der Waals surface area contributed by atoms with Gasteiger partial charge in [0.1, 0.15) is 18.3 Å². The predicted molar refractivity (Wildman–Crippen MR) is 96.1 cm³/mol. The van der Waals surface area contributed by atoms with Crippen LogP contribution in [0.3, 0.4) is 0 Å². The largest absolute Gasteiger partial charge is 0.378 e. The average Bonchev–Trinajstić information content (AvgIpc) is 3.30. The van der Waals surface area contributed by atoms with Gasteiger partial charge in [-0.3, -0.25) is 14.9 Å². The third-order valence-electron chi connectivity index (χ3n) is 5.16. The minimum atomic E-state index is -0.709. The molecule has 0 aromatic carbocycles. The number of nitrogens with one attached hydrogen (secondary N) is 4. The lowest BCUT2D eigenvalue weighted by Gasteiger charge is -2.30. The molecule has 2 fully saturated rings. The number of aliphatic hydroxyl groups is 1. The third kappa shape index (κ3) is 5.52. The van der Waals surface area contributed by atoms with Crippen LogP contribution in [0.2, 0.25) is 0 Å². The molecular weight excluding hydrogens is 348 g/mol. The average molecular weight is 374 g/mol. The van der Waals surface area contributed by atoms with Crippen LogP contribution in [0, 0.1) is 23.2 Å². The van der Waals surface area contributed by atoms with Crippen molar-refractivity contribution in [3.63, 3.8) is 0 Å². The molecule has 3 rings (SSSR count). The van der Waals surface area contributed by atoms with Crippen LogP contribution < -0.4 is 16.0 Å². The number of rotatable bonds is 8. The Kier molecular flexibility index (Phi) is 6.42. The van der Waals surface area contributed by atoms with Crippen LogP contribution in [0.5, 0.6) is 0 Å². The molecule has 1 saturated carbocycles. The summed E-state index contributed by atoms with van der Waals surface area (Å²) >= 11 is 0. The van der Waals surface area contributed by atoms with E-state index in [-0.39, 0.29) is 17.6 Å². The first-order chi connectivity index (χ1) is 13.1. The number of aromatic nitrogens is 2. The molecule has 4 unspecified atom stereocenters. The number of carbonyl (C=O) groups is 2. The Morgan fingerprint density at radius 2 is 2.15 bits per heavy atom. The van der Waals surface area contributed by atoms with E-state index in [2.05, 4.69) is 32.0 Å². The summed E-state index contributed by atoms with van der Waals surface area (Å²) in [7, 11) is 0. The molecule has 4 atom stereocenters. The molecule has 0 radical (unpaired) electrons. The molecule has 1 aliphatic heterocycles. The van der Waals surface area contributed by atoms with E-state index in [9.17, 15) is 20.0 Å². The van der Waals surface area contributed by atoms with E-state index < -0.39 is 24.2 Å². The van der Waals surface area contributed by atoms with Crippen molar-refractivity contribution in [1.82, 2.24) is 25.9 Å². The van der Waals surface area contributed by atoms with Gasteiger partial charge in [-0.1, -0.05) is 12.8 Å². The minimum Gasteiger partial charge on any atom is -0.378 e. The maximum atomic E-state index is 12.7. The number of aromatic amines is 1. The second kappa shape index (κ2) is 8.97. The van der Waals surface area contributed by atoms with Crippen molar-refractivity contribution in [2.24, 2.45) is 11.8 Å². The van der Waals surface area contributed by atoms with Gasteiger partial charge in [0.2, 0.25) is 5.91 Å². The fraction of sp³-hybridized carbons (Fsp3) is 0.667. The number of H-pyrrole nitrogens is 1. The molecule has 146 valence electrons. The number of hydrogen-bond acceptors (Lipinski definition) is 6. The third-order valence-corrected chi connectivity index (χ3v) is 5.16. The monoisotopic (exact) mass is 374 g/mol. The summed E-state index contributed by atoms with van der Waals surface area (Å²) in [5, 5.41) is 27.9. The first-order valence-corrected chi connectivity index (χ1v) is 9.48. The first-order valence-electron chi connectivity index (χ1n) is 9.48. The van der Waals surface area contributed by atoms with Gasteiger partial charge in [-0.25, -0.2) is 4.98 Å². The highest BCUT2D eigenvalue weighted by atomic mass is 16.3. The predicted octanol–water partition coefficient (Wildman–Crippen LogP) is 0.0247. The van der Waals surface area contributed by atoms with Crippen molar-refractivity contribution < 1.29 is 14.7 Å². The zero-order chi connectivity index (χ0) is 19.2. The second-order valence-electron chi connectivity index (χ2n) is 7.37. The van der Waals surface area contributed by atoms with Crippen LogP contribution >= 0.6 is 0 Å². The Balaban J connectivity index is 1.58. The van der Waals surface area contributed by atoms with Crippen LogP contribution in [-0.4, -0.2) is 51.7 Å². The van der Waals surface area contributed by atoms with E-state index in [0.29, 0.717) is 18.8 Å². The number of amides is 2. The van der Waals surface area contributed by atoms with Crippen molar-refractivity contribution in [1.29, 1.82) is 5.26 Å². The number of nitriles is 1. The van der Waals surface area contributed by atoms with E-state index in [0.717, 1.165) is 32.2 Å². The molecule has 1 aromatic heterocycles. The maximum absolute atomic E-state index is 12.7. The summed E-state index contributed by atoms with van der Waals surface area (Å²) < 4.78 is 0. The molecular formula is C18H26N6O3. The maximum Gasteiger partial charge on any atom is 0.287 e. The van der Waals surface area contributed by atoms with E-state index in [1.165, 1.54) is 6.20 Å². The van der Waals surface area contributed by atoms with Gasteiger partial charge in [-0.2, -0.15) is 5.26 Å². The number of piperidine rings is 1. The molecule has 9 heteroatoms. The van der Waals surface area contributed by atoms with Crippen LogP contribution in [0.25, 0.3) is 0 Å². The van der Waals surface area contributed by atoms with E-state index in [4.69, 9.17) is 0 Å². The van der Waals surface area contributed by atoms with Gasteiger partial charge in [0.15, 0.2) is 5.82 Å². The molecule has 9 nitrogen and oxygen atoms in total. The highest BCUT2D eigenvalue weighted by Gasteiger charge is 2.33. The van der Waals surface area contributed by atoms with Gasteiger partial charge in [-0.05, 0) is 38.1 Å². The smallest absolute Gasteiger partial charge is 0.287 e. The number of nitrogens with zero attached hydrogens (tertiary/aromatic N) is 2. The first kappa shape index (κ1) is 19.3. The Bertz CT molecular complexity index is 682. The van der Waals surface area contributed by atoms with Gasteiger partial charge in [-0.15, -0.1) is 0 Å². The number of aliphatic hydroxyl groups excluding tert-OH is 1. The molecule has 1 aliphatic carbocycles. The Morgan fingerprint density at radius 3 is 2.78 bits per heavy atom. The second-order valence-corrected chi connectivity index (χ2v) is 7.37. The molecule has 1 saturated heterocycles. The lowest BCUT2D eigenvalue weighted by atomic mass is 9.91. The van der Waals surface area contributed by atoms with Crippen LogP contribution in [-0.2, 0) is 4.79 Å². The number of hydrogen-bond donors (Lipinski definition) is 5. The van der Waals surface area contributed by atoms with Gasteiger partial charge >= 0.3 is 0 Å². The summed E-state index contributed by atoms with van der Waals surface area (Å²) in [6.07, 6.45) is 7.10. The van der Waals surface area contributed by atoms with Gasteiger partial charge in [0.25, 0.3) is 5.91 Å². The van der Waals surface area contributed by atoms with Crippen molar-refractivity contribution in [3.8, 4) is 6.07 Å². The van der Waals surface area contributed by atoms with Crippen molar-refractivity contribution >= 4 is 11.8 Å². The van der Waals surface area contributed by atoms with Gasteiger partial charge in [0, 0.05) is 18.3 Å². The number of carbonyl (C=O) groups excluding carboxylic acids is 2. The molecule has 1 aromatic rings. The minimum absolute atomic E-state index is 0.0803. The highest BCUT2D eigenvalue weighted by Crippen LogP contribution is 2.33. The van der Waals surface area contributed by atoms with Crippen molar-refractivity contribution in [2.45, 2.75) is 56.8 Å². The van der Waals surface area contributed by atoms with Gasteiger partial charge in [0.05, 0.1) is 6.07 Å². The zero-order valence-corrected chi connectivity index (χ0v) is 15.1. The quantitative estimate of drug-likeness (QED) is 0.434. The normalized spacial score (nSPS) is 24.4. The Labute approximate surface area is 157 Å². The van der Waals surface area contributed by atoms with Crippen molar-refractivity contribution in [3.05, 3.63) is 18.2 Å². The lowest BCUT2D eigenvalue weighted by Crippen LogP contribution is -2.51. The summed E-state index contributed by atoms with van der Waals surface area (Å²) in [5.74, 6) is -0.324. The molecule has 0 bridgehead atoms. The summed E-state index contributed by atoms with van der Waals surface area (Å²) in [4.78, 5) is 31.6. The van der Waals surface area contributed by atoms with Crippen LogP contribution in [0.15, 0.2) is 12.4 Å². The van der Waals surface area contributed by atoms with E-state index in [1.54, 1.807) is 6.20 Å². The molecule has 2 heterocycles. The fourth-order valence-corrected chi connectivity index (χ4v) is 3.44. The zero-order valence-electron chi connectivity index (χ0n) is 15.1. The van der Waals surface area contributed by atoms with Crippen LogP contribution in [0.4, 0.5) is 0 Å². The topological polar surface area (TPSA) is 143 Å². The molecule has 0 spiro atoms. The molecule has 2 amide bonds. The Hall–Kier alpha value is -2.44.